The quantitative estimate of drug-likeness (QED) is 0.735. The van der Waals surface area contributed by atoms with Crippen LogP contribution in [0.1, 0.15) is 71.1 Å². The molecule has 0 saturated heterocycles. The van der Waals surface area contributed by atoms with E-state index in [9.17, 15) is 0 Å². The van der Waals surface area contributed by atoms with Crippen molar-refractivity contribution in [2.75, 3.05) is 13.1 Å². The summed E-state index contributed by atoms with van der Waals surface area (Å²) >= 11 is 0. The predicted octanol–water partition coefficient (Wildman–Crippen LogP) is 3.45. The van der Waals surface area contributed by atoms with Gasteiger partial charge in [0.05, 0.1) is 0 Å². The Bertz CT molecular complexity index is 233. The molecular formula is C16H32N2. The first-order valence-electron chi connectivity index (χ1n) is 8.22. The first-order chi connectivity index (χ1) is 8.76. The molecule has 0 aromatic heterocycles. The van der Waals surface area contributed by atoms with Gasteiger partial charge in [-0.1, -0.05) is 39.0 Å². The molecule has 2 aliphatic rings. The summed E-state index contributed by atoms with van der Waals surface area (Å²) in [6.07, 6.45) is 13.8. The van der Waals surface area contributed by atoms with E-state index in [1.54, 1.807) is 0 Å². The highest BCUT2D eigenvalue weighted by Gasteiger charge is 2.31. The van der Waals surface area contributed by atoms with E-state index in [0.29, 0.717) is 11.5 Å². The summed E-state index contributed by atoms with van der Waals surface area (Å²) in [5.41, 5.74) is 6.92. The second-order valence-corrected chi connectivity index (χ2v) is 6.75. The fraction of sp³-hybridized carbons (Fsp3) is 1.00. The molecule has 2 heteroatoms. The fourth-order valence-electron chi connectivity index (χ4n) is 3.97. The molecule has 2 fully saturated rings. The van der Waals surface area contributed by atoms with Gasteiger partial charge in [0.1, 0.15) is 0 Å². The first kappa shape index (κ1) is 14.3. The monoisotopic (exact) mass is 252 g/mol. The van der Waals surface area contributed by atoms with Crippen LogP contribution in [0.25, 0.3) is 0 Å². The average Bonchev–Trinajstić information content (AvgIpc) is 2.76. The number of hydrogen-bond acceptors (Lipinski definition) is 2. The van der Waals surface area contributed by atoms with Crippen LogP contribution in [0.3, 0.4) is 0 Å². The van der Waals surface area contributed by atoms with Crippen LogP contribution >= 0.6 is 0 Å². The van der Waals surface area contributed by atoms with Crippen molar-refractivity contribution in [1.29, 1.82) is 0 Å². The van der Waals surface area contributed by atoms with E-state index < -0.39 is 0 Å². The van der Waals surface area contributed by atoms with Crippen LogP contribution in [0.5, 0.6) is 0 Å². The van der Waals surface area contributed by atoms with Crippen molar-refractivity contribution in [3.63, 3.8) is 0 Å². The highest BCUT2D eigenvalue weighted by Crippen LogP contribution is 2.40. The largest absolute Gasteiger partial charge is 0.327 e. The second-order valence-electron chi connectivity index (χ2n) is 6.75. The lowest BCUT2D eigenvalue weighted by Crippen LogP contribution is -2.40. The van der Waals surface area contributed by atoms with Gasteiger partial charge in [-0.15, -0.1) is 0 Å². The smallest absolute Gasteiger partial charge is 0.00792 e. The third-order valence-corrected chi connectivity index (χ3v) is 5.54. The predicted molar refractivity (Wildman–Crippen MR) is 78.6 cm³/mol. The summed E-state index contributed by atoms with van der Waals surface area (Å²) in [6, 6.07) is 0.446. The van der Waals surface area contributed by atoms with Crippen LogP contribution in [-0.4, -0.2) is 19.1 Å². The lowest BCUT2D eigenvalue weighted by Gasteiger charge is -2.30. The first-order valence-corrected chi connectivity index (χ1v) is 8.22. The van der Waals surface area contributed by atoms with Gasteiger partial charge in [-0.2, -0.15) is 0 Å². The van der Waals surface area contributed by atoms with Crippen LogP contribution in [-0.2, 0) is 0 Å². The molecule has 0 heterocycles. The van der Waals surface area contributed by atoms with Crippen molar-refractivity contribution >= 4 is 0 Å². The molecule has 0 bridgehead atoms. The van der Waals surface area contributed by atoms with Crippen LogP contribution in [0.15, 0.2) is 0 Å². The summed E-state index contributed by atoms with van der Waals surface area (Å²) in [7, 11) is 0. The van der Waals surface area contributed by atoms with E-state index in [1.165, 1.54) is 70.8 Å². The molecule has 2 nitrogen and oxygen atoms in total. The lowest BCUT2D eigenvalue weighted by atomic mass is 9.83. The van der Waals surface area contributed by atoms with Crippen molar-refractivity contribution in [1.82, 2.24) is 5.32 Å². The molecule has 2 saturated carbocycles. The Morgan fingerprint density at radius 1 is 1.06 bits per heavy atom. The third kappa shape index (κ3) is 3.71. The molecule has 2 aliphatic carbocycles. The molecule has 3 N–H and O–H groups in total. The minimum atomic E-state index is 0.446. The molecule has 0 amide bonds. The van der Waals surface area contributed by atoms with E-state index in [-0.39, 0.29) is 0 Å². The molecule has 0 aromatic carbocycles. The van der Waals surface area contributed by atoms with Gasteiger partial charge >= 0.3 is 0 Å². The number of nitrogens with one attached hydrogen (secondary N) is 1. The Morgan fingerprint density at radius 3 is 2.50 bits per heavy atom. The third-order valence-electron chi connectivity index (χ3n) is 5.54. The summed E-state index contributed by atoms with van der Waals surface area (Å²) < 4.78 is 0. The highest BCUT2D eigenvalue weighted by atomic mass is 14.9. The van der Waals surface area contributed by atoms with E-state index in [2.05, 4.69) is 12.2 Å². The van der Waals surface area contributed by atoms with Gasteiger partial charge in [-0.3, -0.25) is 0 Å². The summed E-state index contributed by atoms with van der Waals surface area (Å²) in [6.45, 7) is 4.75. The Labute approximate surface area is 113 Å². The van der Waals surface area contributed by atoms with Crippen LogP contribution in [0.4, 0.5) is 0 Å². The Morgan fingerprint density at radius 2 is 1.78 bits per heavy atom. The molecule has 0 aliphatic heterocycles. The molecule has 2 unspecified atom stereocenters. The van der Waals surface area contributed by atoms with Crippen molar-refractivity contribution in [2.24, 2.45) is 17.1 Å². The van der Waals surface area contributed by atoms with Crippen molar-refractivity contribution < 1.29 is 0 Å². The molecular weight excluding hydrogens is 220 g/mol. The van der Waals surface area contributed by atoms with E-state index in [4.69, 9.17) is 5.73 Å². The molecule has 18 heavy (non-hydrogen) atoms. The maximum atomic E-state index is 6.30. The van der Waals surface area contributed by atoms with Crippen LogP contribution < -0.4 is 11.1 Å². The summed E-state index contributed by atoms with van der Waals surface area (Å²) in [5, 5.41) is 3.77. The minimum absolute atomic E-state index is 0.446. The topological polar surface area (TPSA) is 38.0 Å². The molecule has 2 atom stereocenters. The lowest BCUT2D eigenvalue weighted by molar-refractivity contribution is 0.254. The Kier molecular flexibility index (Phi) is 5.50. The van der Waals surface area contributed by atoms with Crippen molar-refractivity contribution in [3.05, 3.63) is 0 Å². The average molecular weight is 252 g/mol. The van der Waals surface area contributed by atoms with Gasteiger partial charge in [-0.25, -0.2) is 0 Å². The molecule has 2 rings (SSSR count). The van der Waals surface area contributed by atoms with Crippen LogP contribution in [0, 0.1) is 11.3 Å². The SMILES string of the molecule is CCC1(CNCC2CCCCCC2N)CCCC1. The molecule has 0 spiro atoms. The van der Waals surface area contributed by atoms with Gasteiger partial charge < -0.3 is 11.1 Å². The Balaban J connectivity index is 1.73. The van der Waals surface area contributed by atoms with Gasteiger partial charge in [0.25, 0.3) is 0 Å². The zero-order chi connectivity index (χ0) is 12.8. The van der Waals surface area contributed by atoms with Crippen molar-refractivity contribution in [2.45, 2.75) is 77.2 Å². The van der Waals surface area contributed by atoms with Gasteiger partial charge in [0, 0.05) is 12.6 Å². The zero-order valence-corrected chi connectivity index (χ0v) is 12.2. The van der Waals surface area contributed by atoms with E-state index in [1.807, 2.05) is 0 Å². The molecule has 0 radical (unpaired) electrons. The summed E-state index contributed by atoms with van der Waals surface area (Å²) in [4.78, 5) is 0. The number of hydrogen-bond donors (Lipinski definition) is 2. The standard InChI is InChI=1S/C16H32N2/c1-2-16(10-6-7-11-16)13-18-12-14-8-4-3-5-9-15(14)17/h14-15,18H,2-13,17H2,1H3. The molecule has 0 aromatic rings. The normalized spacial score (nSPS) is 32.3. The van der Waals surface area contributed by atoms with Gasteiger partial charge in [-0.05, 0) is 50.0 Å². The summed E-state index contributed by atoms with van der Waals surface area (Å²) in [5.74, 6) is 0.725. The number of rotatable bonds is 5. The van der Waals surface area contributed by atoms with Gasteiger partial charge in [0.2, 0.25) is 0 Å². The maximum absolute atomic E-state index is 6.30. The fourth-order valence-corrected chi connectivity index (χ4v) is 3.97. The Hall–Kier alpha value is -0.0800. The second kappa shape index (κ2) is 6.91. The number of nitrogens with two attached hydrogens (primary N) is 1. The highest BCUT2D eigenvalue weighted by molar-refractivity contribution is 4.86. The minimum Gasteiger partial charge on any atom is -0.327 e. The maximum Gasteiger partial charge on any atom is 0.00792 e. The van der Waals surface area contributed by atoms with Crippen LogP contribution in [0.2, 0.25) is 0 Å². The van der Waals surface area contributed by atoms with Gasteiger partial charge in [0.15, 0.2) is 0 Å². The zero-order valence-electron chi connectivity index (χ0n) is 12.2. The van der Waals surface area contributed by atoms with E-state index in [0.717, 1.165) is 12.5 Å². The van der Waals surface area contributed by atoms with Crippen molar-refractivity contribution in [3.8, 4) is 0 Å². The van der Waals surface area contributed by atoms with E-state index >= 15 is 0 Å². The molecule has 106 valence electrons.